The molecule has 27 heavy (non-hydrogen) atoms. The summed E-state index contributed by atoms with van der Waals surface area (Å²) >= 11 is 20.4. The molecule has 1 aromatic rings. The number of esters is 1. The molecule has 0 aliphatic carbocycles. The summed E-state index contributed by atoms with van der Waals surface area (Å²) in [6.45, 7) is 4.93. The number of hydrogen-bond acceptors (Lipinski definition) is 4. The first-order valence-electron chi connectivity index (χ1n) is 8.08. The van der Waals surface area contributed by atoms with Crippen LogP contribution in [-0.4, -0.2) is 33.0 Å². The molecular formula is C18H19BrCl3NO4. The van der Waals surface area contributed by atoms with Gasteiger partial charge in [-0.2, -0.15) is 0 Å². The maximum Gasteiger partial charge on any atom is 0.414 e. The van der Waals surface area contributed by atoms with Gasteiger partial charge in [0.15, 0.2) is 0 Å². The van der Waals surface area contributed by atoms with Gasteiger partial charge in [0.2, 0.25) is 3.79 Å². The largest absolute Gasteiger partial charge is 0.460 e. The number of fused-ring (bicyclic) bond motifs is 1. The van der Waals surface area contributed by atoms with Crippen molar-refractivity contribution in [1.29, 1.82) is 0 Å². The highest BCUT2D eigenvalue weighted by Gasteiger charge is 2.34. The van der Waals surface area contributed by atoms with E-state index in [1.54, 1.807) is 33.0 Å². The number of ether oxygens (including phenoxy) is 2. The molecule has 0 bridgehead atoms. The summed E-state index contributed by atoms with van der Waals surface area (Å²) in [5.41, 5.74) is 1.02. The average Bonchev–Trinajstić information content (AvgIpc) is 2.51. The Hall–Kier alpha value is -0.950. The molecule has 1 atom stereocenters. The predicted molar refractivity (Wildman–Crippen MR) is 110 cm³/mol. The average molecular weight is 500 g/mol. The number of amides is 1. The summed E-state index contributed by atoms with van der Waals surface area (Å²) in [6.07, 6.45) is 2.52. The van der Waals surface area contributed by atoms with E-state index in [0.717, 1.165) is 15.6 Å². The minimum atomic E-state index is -1.73. The van der Waals surface area contributed by atoms with Crippen molar-refractivity contribution in [2.24, 2.45) is 0 Å². The van der Waals surface area contributed by atoms with E-state index >= 15 is 0 Å². The second-order valence-corrected chi connectivity index (χ2v) is 10.3. The summed E-state index contributed by atoms with van der Waals surface area (Å²) in [5.74, 6) is -0.437. The summed E-state index contributed by atoms with van der Waals surface area (Å²) < 4.78 is 9.61. The van der Waals surface area contributed by atoms with Gasteiger partial charge in [0.25, 0.3) is 0 Å². The highest BCUT2D eigenvalue weighted by Crippen LogP contribution is 2.37. The Morgan fingerprint density at radius 3 is 2.48 bits per heavy atom. The summed E-state index contributed by atoms with van der Waals surface area (Å²) in [4.78, 5) is 26.2. The Kier molecular flexibility index (Phi) is 7.11. The molecule has 1 unspecified atom stereocenters. The highest BCUT2D eigenvalue weighted by molar-refractivity contribution is 9.10. The van der Waals surface area contributed by atoms with Crippen molar-refractivity contribution in [1.82, 2.24) is 4.90 Å². The number of carbonyl (C=O) groups is 2. The molecular weight excluding hydrogens is 480 g/mol. The lowest BCUT2D eigenvalue weighted by Gasteiger charge is -2.33. The summed E-state index contributed by atoms with van der Waals surface area (Å²) in [6, 6.07) is 4.94. The van der Waals surface area contributed by atoms with E-state index < -0.39 is 34.1 Å². The van der Waals surface area contributed by atoms with Gasteiger partial charge in [-0.25, -0.2) is 4.79 Å². The molecule has 1 aromatic carbocycles. The Morgan fingerprint density at radius 2 is 1.89 bits per heavy atom. The van der Waals surface area contributed by atoms with Crippen LogP contribution in [0, 0.1) is 0 Å². The van der Waals surface area contributed by atoms with Gasteiger partial charge in [-0.05, 0) is 44.0 Å². The predicted octanol–water partition coefficient (Wildman–Crippen LogP) is 6.02. The summed E-state index contributed by atoms with van der Waals surface area (Å²) in [7, 11) is 0. The van der Waals surface area contributed by atoms with Gasteiger partial charge in [-0.3, -0.25) is 9.69 Å². The van der Waals surface area contributed by atoms with Gasteiger partial charge < -0.3 is 9.47 Å². The lowest BCUT2D eigenvalue weighted by Crippen LogP contribution is -2.37. The topological polar surface area (TPSA) is 55.8 Å². The molecule has 1 amide bonds. The molecule has 9 heteroatoms. The van der Waals surface area contributed by atoms with E-state index in [9.17, 15) is 9.59 Å². The van der Waals surface area contributed by atoms with Crippen LogP contribution in [0.4, 0.5) is 4.79 Å². The molecule has 0 radical (unpaired) electrons. The SMILES string of the molecule is CC(C)(C)OC(=O)CC1c2cccc(Br)c2C=CN1C(=O)OCC(Cl)(Cl)Cl. The van der Waals surface area contributed by atoms with E-state index in [-0.39, 0.29) is 6.42 Å². The number of rotatable bonds is 3. The number of alkyl halides is 3. The second-order valence-electron chi connectivity index (χ2n) is 6.94. The first kappa shape index (κ1) is 22.3. The van der Waals surface area contributed by atoms with E-state index in [2.05, 4.69) is 15.9 Å². The summed E-state index contributed by atoms with van der Waals surface area (Å²) in [5, 5.41) is 0. The molecule has 2 rings (SSSR count). The van der Waals surface area contributed by atoms with Gasteiger partial charge in [0.1, 0.15) is 12.2 Å². The molecule has 0 spiro atoms. The first-order valence-corrected chi connectivity index (χ1v) is 10.0. The maximum absolute atomic E-state index is 12.5. The third kappa shape index (κ3) is 6.56. The normalized spacial score (nSPS) is 16.7. The fourth-order valence-corrected chi connectivity index (χ4v) is 3.26. The van der Waals surface area contributed by atoms with Crippen LogP contribution in [0.1, 0.15) is 44.4 Å². The van der Waals surface area contributed by atoms with Gasteiger partial charge >= 0.3 is 12.1 Å². The number of halogens is 4. The van der Waals surface area contributed by atoms with Crippen molar-refractivity contribution in [2.75, 3.05) is 6.61 Å². The van der Waals surface area contributed by atoms with Crippen molar-refractivity contribution in [2.45, 2.75) is 42.6 Å². The number of hydrogen-bond donors (Lipinski definition) is 0. The third-order valence-electron chi connectivity index (χ3n) is 3.53. The Bertz CT molecular complexity index is 756. The second kappa shape index (κ2) is 8.60. The first-order chi connectivity index (χ1) is 12.4. The fourth-order valence-electron chi connectivity index (χ4n) is 2.58. The number of benzene rings is 1. The van der Waals surface area contributed by atoms with E-state index in [1.165, 1.54) is 4.90 Å². The van der Waals surface area contributed by atoms with Crippen LogP contribution < -0.4 is 0 Å². The lowest BCUT2D eigenvalue weighted by atomic mass is 9.94. The Balaban J connectivity index is 2.29. The molecule has 0 fully saturated rings. The van der Waals surface area contributed by atoms with Gasteiger partial charge in [-0.1, -0.05) is 62.9 Å². The zero-order chi connectivity index (χ0) is 20.4. The Labute approximate surface area is 181 Å². The molecule has 0 saturated heterocycles. The van der Waals surface area contributed by atoms with Crippen molar-refractivity contribution < 1.29 is 19.1 Å². The van der Waals surface area contributed by atoms with Crippen molar-refractivity contribution >= 4 is 68.9 Å². The standard InChI is InChI=1S/C18H19BrCl3NO4/c1-17(2,3)27-15(24)9-14-12-5-4-6-13(19)11(12)7-8-23(14)16(25)26-10-18(20,21)22/h4-8,14H,9-10H2,1-3H3. The quantitative estimate of drug-likeness (QED) is 0.377. The smallest absolute Gasteiger partial charge is 0.414 e. The maximum atomic E-state index is 12.5. The van der Waals surface area contributed by atoms with Crippen LogP contribution in [-0.2, 0) is 14.3 Å². The van der Waals surface area contributed by atoms with Crippen molar-refractivity contribution in [3.05, 3.63) is 40.0 Å². The van der Waals surface area contributed by atoms with Gasteiger partial charge in [-0.15, -0.1) is 0 Å². The molecule has 148 valence electrons. The third-order valence-corrected chi connectivity index (χ3v) is 4.55. The van der Waals surface area contributed by atoms with Crippen LogP contribution >= 0.6 is 50.7 Å². The molecule has 1 aliphatic heterocycles. The van der Waals surface area contributed by atoms with Gasteiger partial charge in [0, 0.05) is 10.7 Å². The molecule has 0 N–H and O–H groups in total. The van der Waals surface area contributed by atoms with E-state index in [0.29, 0.717) is 0 Å². The minimum absolute atomic E-state index is 0.0477. The number of carbonyl (C=O) groups excluding carboxylic acids is 2. The van der Waals surface area contributed by atoms with E-state index in [1.807, 2.05) is 18.2 Å². The molecule has 0 saturated carbocycles. The Morgan fingerprint density at radius 1 is 1.22 bits per heavy atom. The number of nitrogens with zero attached hydrogens (tertiary/aromatic N) is 1. The van der Waals surface area contributed by atoms with Crippen molar-refractivity contribution in [3.63, 3.8) is 0 Å². The van der Waals surface area contributed by atoms with Crippen molar-refractivity contribution in [3.8, 4) is 0 Å². The van der Waals surface area contributed by atoms with Crippen LogP contribution in [0.2, 0.25) is 0 Å². The van der Waals surface area contributed by atoms with Crippen LogP contribution in [0.3, 0.4) is 0 Å². The zero-order valence-electron chi connectivity index (χ0n) is 15.0. The fraction of sp³-hybridized carbons (Fsp3) is 0.444. The zero-order valence-corrected chi connectivity index (χ0v) is 18.8. The highest BCUT2D eigenvalue weighted by atomic mass is 79.9. The molecule has 1 heterocycles. The molecule has 1 aliphatic rings. The van der Waals surface area contributed by atoms with Crippen LogP contribution in [0.15, 0.2) is 28.9 Å². The minimum Gasteiger partial charge on any atom is -0.460 e. The van der Waals surface area contributed by atoms with Crippen LogP contribution in [0.25, 0.3) is 6.08 Å². The van der Waals surface area contributed by atoms with E-state index in [4.69, 9.17) is 44.3 Å². The van der Waals surface area contributed by atoms with Crippen LogP contribution in [0.5, 0.6) is 0 Å². The molecule has 5 nitrogen and oxygen atoms in total. The molecule has 0 aromatic heterocycles. The lowest BCUT2D eigenvalue weighted by molar-refractivity contribution is -0.156. The monoisotopic (exact) mass is 497 g/mol. The van der Waals surface area contributed by atoms with Gasteiger partial charge in [0.05, 0.1) is 12.5 Å².